The van der Waals surface area contributed by atoms with Crippen LogP contribution in [0.15, 0.2) is 17.2 Å². The molecule has 0 aliphatic heterocycles. The van der Waals surface area contributed by atoms with Gasteiger partial charge >= 0.3 is 5.56 Å². The van der Waals surface area contributed by atoms with E-state index in [-0.39, 0.29) is 12.3 Å². The van der Waals surface area contributed by atoms with E-state index >= 15 is 0 Å². The van der Waals surface area contributed by atoms with Crippen molar-refractivity contribution in [1.82, 2.24) is 9.71 Å². The molecule has 0 bridgehead atoms. The van der Waals surface area contributed by atoms with Crippen LogP contribution in [0.4, 0.5) is 0 Å². The van der Waals surface area contributed by atoms with Crippen molar-refractivity contribution in [3.05, 3.63) is 28.4 Å². The zero-order valence-electron chi connectivity index (χ0n) is 5.06. The van der Waals surface area contributed by atoms with Crippen molar-refractivity contribution in [1.29, 1.82) is 0 Å². The molecule has 1 heterocycles. The average Bonchev–Trinajstić information content (AvgIpc) is 1.95. The third-order valence-corrected chi connectivity index (χ3v) is 1.000. The standard InChI is InChI=1S/C5H6N2O3/c8-3-4-2-7(10)5(9)1-6-4/h1-2,8,10H,3H2. The molecule has 5 nitrogen and oxygen atoms in total. The van der Waals surface area contributed by atoms with Gasteiger partial charge in [0.2, 0.25) is 0 Å². The molecule has 0 aliphatic carbocycles. The molecule has 0 saturated carbocycles. The first-order valence-corrected chi connectivity index (χ1v) is 2.61. The SMILES string of the molecule is O=c1cnc(CO)cn1O. The van der Waals surface area contributed by atoms with Crippen molar-refractivity contribution in [3.63, 3.8) is 0 Å². The number of aliphatic hydroxyl groups excluding tert-OH is 1. The van der Waals surface area contributed by atoms with Crippen LogP contribution in [0.25, 0.3) is 0 Å². The maximum absolute atomic E-state index is 10.5. The van der Waals surface area contributed by atoms with Gasteiger partial charge in [-0.25, -0.2) is 0 Å². The van der Waals surface area contributed by atoms with Gasteiger partial charge in [-0.3, -0.25) is 9.78 Å². The van der Waals surface area contributed by atoms with Gasteiger partial charge in [0.05, 0.1) is 24.7 Å². The van der Waals surface area contributed by atoms with Crippen molar-refractivity contribution in [2.75, 3.05) is 0 Å². The smallest absolute Gasteiger partial charge is 0.301 e. The molecule has 0 aromatic carbocycles. The van der Waals surface area contributed by atoms with Crippen LogP contribution in [-0.4, -0.2) is 20.0 Å². The molecule has 0 amide bonds. The Morgan fingerprint density at radius 1 is 1.70 bits per heavy atom. The fourth-order valence-electron chi connectivity index (χ4n) is 0.517. The maximum atomic E-state index is 10.5. The lowest BCUT2D eigenvalue weighted by atomic mass is 10.5. The lowest BCUT2D eigenvalue weighted by Crippen LogP contribution is -2.17. The zero-order chi connectivity index (χ0) is 7.56. The van der Waals surface area contributed by atoms with Crippen molar-refractivity contribution in [3.8, 4) is 0 Å². The lowest BCUT2D eigenvalue weighted by molar-refractivity contribution is 0.169. The summed E-state index contributed by atoms with van der Waals surface area (Å²) in [5, 5.41) is 17.1. The highest BCUT2D eigenvalue weighted by molar-refractivity contribution is 4.92. The van der Waals surface area contributed by atoms with Gasteiger partial charge in [0, 0.05) is 0 Å². The van der Waals surface area contributed by atoms with E-state index in [0.717, 1.165) is 12.4 Å². The van der Waals surface area contributed by atoms with Crippen LogP contribution < -0.4 is 5.56 Å². The second-order valence-corrected chi connectivity index (χ2v) is 1.72. The molecule has 1 rings (SSSR count). The highest BCUT2D eigenvalue weighted by atomic mass is 16.5. The Bertz CT molecular complexity index is 280. The van der Waals surface area contributed by atoms with Gasteiger partial charge in [-0.2, -0.15) is 4.73 Å². The minimum atomic E-state index is -0.614. The van der Waals surface area contributed by atoms with Gasteiger partial charge in [-0.1, -0.05) is 0 Å². The van der Waals surface area contributed by atoms with Crippen molar-refractivity contribution in [2.24, 2.45) is 0 Å². The number of rotatable bonds is 1. The van der Waals surface area contributed by atoms with E-state index in [4.69, 9.17) is 10.3 Å². The summed E-state index contributed by atoms with van der Waals surface area (Å²) in [6.07, 6.45) is 1.99. The second-order valence-electron chi connectivity index (χ2n) is 1.72. The van der Waals surface area contributed by atoms with Crippen LogP contribution in [-0.2, 0) is 6.61 Å². The summed E-state index contributed by atoms with van der Waals surface area (Å²) in [4.78, 5) is 14.0. The normalized spacial score (nSPS) is 9.70. The summed E-state index contributed by atoms with van der Waals surface area (Å²) < 4.78 is 0.374. The van der Waals surface area contributed by atoms with Gasteiger partial charge in [-0.05, 0) is 0 Å². The average molecular weight is 142 g/mol. The van der Waals surface area contributed by atoms with E-state index in [2.05, 4.69) is 4.98 Å². The Kier molecular flexibility index (Phi) is 1.68. The quantitative estimate of drug-likeness (QED) is 0.492. The monoisotopic (exact) mass is 142 g/mol. The highest BCUT2D eigenvalue weighted by Crippen LogP contribution is 1.86. The van der Waals surface area contributed by atoms with E-state index in [1.54, 1.807) is 0 Å². The van der Waals surface area contributed by atoms with Crippen molar-refractivity contribution < 1.29 is 10.3 Å². The summed E-state index contributed by atoms with van der Waals surface area (Å²) in [6.45, 7) is -0.291. The second kappa shape index (κ2) is 2.49. The summed E-state index contributed by atoms with van der Waals surface area (Å²) in [5.41, 5.74) is -0.362. The molecule has 0 fully saturated rings. The number of hydrogen-bond acceptors (Lipinski definition) is 4. The zero-order valence-corrected chi connectivity index (χ0v) is 5.06. The molecule has 1 aromatic rings. The number of nitrogens with zero attached hydrogens (tertiary/aromatic N) is 2. The Labute approximate surface area is 56.1 Å². The molecule has 1 aromatic heterocycles. The van der Waals surface area contributed by atoms with Crippen LogP contribution in [0.1, 0.15) is 5.69 Å². The molecule has 0 atom stereocenters. The molecule has 2 N–H and O–H groups in total. The van der Waals surface area contributed by atoms with Gasteiger partial charge in [-0.15, -0.1) is 0 Å². The number of hydrogen-bond donors (Lipinski definition) is 2. The third-order valence-electron chi connectivity index (χ3n) is 1.000. The largest absolute Gasteiger partial charge is 0.425 e. The minimum absolute atomic E-state index is 0.252. The van der Waals surface area contributed by atoms with E-state index < -0.39 is 5.56 Å². The molecular formula is C5H6N2O3. The van der Waals surface area contributed by atoms with Crippen LogP contribution >= 0.6 is 0 Å². The maximum Gasteiger partial charge on any atom is 0.301 e. The molecule has 54 valence electrons. The fourth-order valence-corrected chi connectivity index (χ4v) is 0.517. The Balaban J connectivity index is 3.17. The van der Waals surface area contributed by atoms with Crippen molar-refractivity contribution in [2.45, 2.75) is 6.61 Å². The predicted octanol–water partition coefficient (Wildman–Crippen LogP) is -1.03. The summed E-state index contributed by atoms with van der Waals surface area (Å²) in [5.74, 6) is 0. The molecule has 10 heavy (non-hydrogen) atoms. The first-order valence-electron chi connectivity index (χ1n) is 2.61. The first-order chi connectivity index (χ1) is 4.74. The number of aliphatic hydroxyl groups is 1. The molecular weight excluding hydrogens is 136 g/mol. The Hall–Kier alpha value is -1.36. The number of aromatic nitrogens is 2. The van der Waals surface area contributed by atoms with Crippen LogP contribution in [0, 0.1) is 0 Å². The van der Waals surface area contributed by atoms with E-state index in [1.807, 2.05) is 0 Å². The van der Waals surface area contributed by atoms with E-state index in [0.29, 0.717) is 4.73 Å². The molecule has 0 aliphatic rings. The molecule has 0 radical (unpaired) electrons. The van der Waals surface area contributed by atoms with Crippen molar-refractivity contribution >= 4 is 0 Å². The highest BCUT2D eigenvalue weighted by Gasteiger charge is 1.94. The lowest BCUT2D eigenvalue weighted by Gasteiger charge is -1.95. The minimum Gasteiger partial charge on any atom is -0.425 e. The van der Waals surface area contributed by atoms with Gasteiger partial charge in [0.1, 0.15) is 0 Å². The van der Waals surface area contributed by atoms with Gasteiger partial charge in [0.15, 0.2) is 0 Å². The van der Waals surface area contributed by atoms with Gasteiger partial charge < -0.3 is 10.3 Å². The topological polar surface area (TPSA) is 75.3 Å². The third kappa shape index (κ3) is 1.14. The van der Waals surface area contributed by atoms with Crippen LogP contribution in [0.2, 0.25) is 0 Å². The van der Waals surface area contributed by atoms with Crippen LogP contribution in [0.3, 0.4) is 0 Å². The fraction of sp³-hybridized carbons (Fsp3) is 0.200. The van der Waals surface area contributed by atoms with Crippen LogP contribution in [0.5, 0.6) is 0 Å². The Morgan fingerprint density at radius 3 is 2.90 bits per heavy atom. The molecule has 5 heteroatoms. The summed E-state index contributed by atoms with van der Waals surface area (Å²) >= 11 is 0. The van der Waals surface area contributed by atoms with E-state index in [9.17, 15) is 4.79 Å². The Morgan fingerprint density at radius 2 is 2.40 bits per heavy atom. The molecule has 0 saturated heterocycles. The van der Waals surface area contributed by atoms with E-state index in [1.165, 1.54) is 0 Å². The molecule has 0 unspecified atom stereocenters. The molecule has 0 spiro atoms. The summed E-state index contributed by atoms with van der Waals surface area (Å²) in [6, 6.07) is 0. The summed E-state index contributed by atoms with van der Waals surface area (Å²) in [7, 11) is 0. The predicted molar refractivity (Wildman–Crippen MR) is 31.6 cm³/mol. The first kappa shape index (κ1) is 6.76. The van der Waals surface area contributed by atoms with Gasteiger partial charge in [0.25, 0.3) is 0 Å².